The summed E-state index contributed by atoms with van der Waals surface area (Å²) < 4.78 is 5.64. The van der Waals surface area contributed by atoms with E-state index < -0.39 is 11.0 Å². The lowest BCUT2D eigenvalue weighted by Gasteiger charge is -2.28. The standard InChI is InChI=1S/C16H19NO2/c1-15(2,3)19-14(18)16-8-9-17-13(16)12-7-5-4-6-11(12)10-16/h4-7H,8-10H2,1-3H3/t16-/m1/s1. The molecule has 0 unspecified atom stereocenters. The zero-order chi connectivity index (χ0) is 13.7. The first-order valence-corrected chi connectivity index (χ1v) is 6.79. The molecule has 0 bridgehead atoms. The number of benzene rings is 1. The molecule has 0 N–H and O–H groups in total. The summed E-state index contributed by atoms with van der Waals surface area (Å²) in [6.07, 6.45) is 1.50. The highest BCUT2D eigenvalue weighted by Gasteiger charge is 2.53. The van der Waals surface area contributed by atoms with Crippen molar-refractivity contribution in [3.8, 4) is 0 Å². The third kappa shape index (κ3) is 1.88. The molecule has 1 heterocycles. The SMILES string of the molecule is CC(C)(C)OC(=O)[C@@]12CCN=C1c1ccccc1C2. The van der Waals surface area contributed by atoms with Gasteiger partial charge < -0.3 is 4.74 Å². The summed E-state index contributed by atoms with van der Waals surface area (Å²) in [6.45, 7) is 6.46. The highest BCUT2D eigenvalue weighted by molar-refractivity contribution is 6.19. The number of aliphatic imine (C=N–C) groups is 1. The molecule has 1 aliphatic heterocycles. The minimum Gasteiger partial charge on any atom is -0.459 e. The average Bonchev–Trinajstić information content (AvgIpc) is 2.83. The van der Waals surface area contributed by atoms with E-state index in [4.69, 9.17) is 4.74 Å². The maximum absolute atomic E-state index is 12.6. The number of esters is 1. The number of hydrogen-bond acceptors (Lipinski definition) is 3. The van der Waals surface area contributed by atoms with Crippen LogP contribution < -0.4 is 0 Å². The predicted octanol–water partition coefficient (Wildman–Crippen LogP) is 2.76. The van der Waals surface area contributed by atoms with Gasteiger partial charge in [0.1, 0.15) is 11.0 Å². The van der Waals surface area contributed by atoms with Gasteiger partial charge in [-0.25, -0.2) is 0 Å². The number of hydrogen-bond donors (Lipinski definition) is 0. The van der Waals surface area contributed by atoms with E-state index in [1.165, 1.54) is 5.56 Å². The molecule has 0 amide bonds. The van der Waals surface area contributed by atoms with E-state index in [0.717, 1.165) is 30.7 Å². The summed E-state index contributed by atoms with van der Waals surface area (Å²) in [5.74, 6) is -0.118. The molecule has 3 nitrogen and oxygen atoms in total. The molecule has 19 heavy (non-hydrogen) atoms. The van der Waals surface area contributed by atoms with Gasteiger partial charge in [-0.05, 0) is 44.7 Å². The van der Waals surface area contributed by atoms with Crippen LogP contribution in [0.5, 0.6) is 0 Å². The van der Waals surface area contributed by atoms with Crippen molar-refractivity contribution in [2.45, 2.75) is 39.2 Å². The summed E-state index contributed by atoms with van der Waals surface area (Å²) in [5.41, 5.74) is 2.31. The van der Waals surface area contributed by atoms with Gasteiger partial charge >= 0.3 is 5.97 Å². The Balaban J connectivity index is 1.99. The molecule has 0 radical (unpaired) electrons. The number of carbonyl (C=O) groups is 1. The van der Waals surface area contributed by atoms with E-state index >= 15 is 0 Å². The predicted molar refractivity (Wildman–Crippen MR) is 74.4 cm³/mol. The minimum atomic E-state index is -0.531. The van der Waals surface area contributed by atoms with Crippen LogP contribution in [0.4, 0.5) is 0 Å². The third-order valence-corrected chi connectivity index (χ3v) is 3.82. The summed E-state index contributed by atoms with van der Waals surface area (Å²) in [7, 11) is 0. The van der Waals surface area contributed by atoms with Crippen LogP contribution in [0.25, 0.3) is 0 Å². The normalized spacial score (nSPS) is 24.7. The number of fused-ring (bicyclic) bond motifs is 3. The molecule has 1 aromatic rings. The minimum absolute atomic E-state index is 0.118. The van der Waals surface area contributed by atoms with E-state index in [2.05, 4.69) is 17.1 Å². The second-order valence-electron chi connectivity index (χ2n) is 6.40. The fourth-order valence-electron chi connectivity index (χ4n) is 3.02. The first-order valence-electron chi connectivity index (χ1n) is 6.79. The summed E-state index contributed by atoms with van der Waals surface area (Å²) in [4.78, 5) is 17.2. The second-order valence-corrected chi connectivity index (χ2v) is 6.40. The van der Waals surface area contributed by atoms with Crippen molar-refractivity contribution >= 4 is 11.7 Å². The molecular formula is C16H19NO2. The summed E-state index contributed by atoms with van der Waals surface area (Å²) >= 11 is 0. The van der Waals surface area contributed by atoms with E-state index in [9.17, 15) is 4.79 Å². The van der Waals surface area contributed by atoms with Crippen LogP contribution in [0.1, 0.15) is 38.3 Å². The molecule has 0 saturated carbocycles. The number of nitrogens with zero attached hydrogens (tertiary/aromatic N) is 1. The Labute approximate surface area is 113 Å². The van der Waals surface area contributed by atoms with Crippen molar-refractivity contribution in [3.63, 3.8) is 0 Å². The maximum atomic E-state index is 12.6. The monoisotopic (exact) mass is 257 g/mol. The van der Waals surface area contributed by atoms with Crippen molar-refractivity contribution in [2.75, 3.05) is 6.54 Å². The van der Waals surface area contributed by atoms with Crippen molar-refractivity contribution in [3.05, 3.63) is 35.4 Å². The Morgan fingerprint density at radius 3 is 2.79 bits per heavy atom. The van der Waals surface area contributed by atoms with Crippen LogP contribution >= 0.6 is 0 Å². The lowest BCUT2D eigenvalue weighted by molar-refractivity contribution is -0.163. The number of carbonyl (C=O) groups excluding carboxylic acids is 1. The molecule has 0 aromatic heterocycles. The van der Waals surface area contributed by atoms with Crippen LogP contribution in [-0.4, -0.2) is 23.8 Å². The van der Waals surface area contributed by atoms with Gasteiger partial charge in [0.25, 0.3) is 0 Å². The molecule has 3 rings (SSSR count). The fourth-order valence-corrected chi connectivity index (χ4v) is 3.02. The van der Waals surface area contributed by atoms with Gasteiger partial charge in [-0.3, -0.25) is 9.79 Å². The third-order valence-electron chi connectivity index (χ3n) is 3.82. The van der Waals surface area contributed by atoms with Crippen LogP contribution in [-0.2, 0) is 16.0 Å². The summed E-state index contributed by atoms with van der Waals surface area (Å²) in [5, 5.41) is 0. The molecule has 1 aromatic carbocycles. The first kappa shape index (κ1) is 12.4. The Kier molecular flexibility index (Phi) is 2.56. The topological polar surface area (TPSA) is 38.7 Å². The zero-order valence-electron chi connectivity index (χ0n) is 11.7. The van der Waals surface area contributed by atoms with Gasteiger partial charge in [-0.2, -0.15) is 0 Å². The Morgan fingerprint density at radius 2 is 2.05 bits per heavy atom. The fraction of sp³-hybridized carbons (Fsp3) is 0.500. The van der Waals surface area contributed by atoms with E-state index in [1.807, 2.05) is 32.9 Å². The summed E-state index contributed by atoms with van der Waals surface area (Å²) in [6, 6.07) is 8.17. The van der Waals surface area contributed by atoms with Crippen LogP contribution in [0.3, 0.4) is 0 Å². The van der Waals surface area contributed by atoms with Crippen molar-refractivity contribution < 1.29 is 9.53 Å². The molecule has 0 saturated heterocycles. The van der Waals surface area contributed by atoms with Gasteiger partial charge in [0.05, 0.1) is 5.71 Å². The van der Waals surface area contributed by atoms with Gasteiger partial charge in [-0.15, -0.1) is 0 Å². The van der Waals surface area contributed by atoms with E-state index in [0.29, 0.717) is 0 Å². The molecule has 0 spiro atoms. The van der Waals surface area contributed by atoms with Crippen molar-refractivity contribution in [1.82, 2.24) is 0 Å². The highest BCUT2D eigenvalue weighted by Crippen LogP contribution is 2.45. The van der Waals surface area contributed by atoms with Gasteiger partial charge in [0.2, 0.25) is 0 Å². The van der Waals surface area contributed by atoms with Gasteiger partial charge in [-0.1, -0.05) is 24.3 Å². The Bertz CT molecular complexity index is 568. The Morgan fingerprint density at radius 1 is 1.32 bits per heavy atom. The molecule has 3 heteroatoms. The lowest BCUT2D eigenvalue weighted by atomic mass is 9.81. The molecule has 100 valence electrons. The van der Waals surface area contributed by atoms with Crippen molar-refractivity contribution in [1.29, 1.82) is 0 Å². The zero-order valence-corrected chi connectivity index (χ0v) is 11.7. The van der Waals surface area contributed by atoms with Crippen molar-refractivity contribution in [2.24, 2.45) is 10.4 Å². The first-order chi connectivity index (χ1) is 8.92. The Hall–Kier alpha value is -1.64. The quantitative estimate of drug-likeness (QED) is 0.726. The lowest BCUT2D eigenvalue weighted by Crippen LogP contribution is -2.40. The van der Waals surface area contributed by atoms with Crippen LogP contribution in [0.15, 0.2) is 29.3 Å². The number of rotatable bonds is 1. The van der Waals surface area contributed by atoms with Gasteiger partial charge in [0.15, 0.2) is 0 Å². The van der Waals surface area contributed by atoms with E-state index in [-0.39, 0.29) is 5.97 Å². The molecule has 0 fully saturated rings. The molecular weight excluding hydrogens is 238 g/mol. The van der Waals surface area contributed by atoms with Crippen LogP contribution in [0.2, 0.25) is 0 Å². The average molecular weight is 257 g/mol. The highest BCUT2D eigenvalue weighted by atomic mass is 16.6. The van der Waals surface area contributed by atoms with E-state index in [1.54, 1.807) is 0 Å². The smallest absolute Gasteiger partial charge is 0.319 e. The van der Waals surface area contributed by atoms with Gasteiger partial charge in [0, 0.05) is 6.54 Å². The van der Waals surface area contributed by atoms with Crippen LogP contribution in [0, 0.1) is 5.41 Å². The number of ether oxygens (including phenoxy) is 1. The largest absolute Gasteiger partial charge is 0.459 e. The molecule has 1 aliphatic carbocycles. The molecule has 1 atom stereocenters. The second kappa shape index (κ2) is 3.92. The molecule has 2 aliphatic rings. The maximum Gasteiger partial charge on any atom is 0.319 e.